The van der Waals surface area contributed by atoms with Gasteiger partial charge in [-0.05, 0) is 18.2 Å². The van der Waals surface area contributed by atoms with E-state index in [9.17, 15) is 13.2 Å². The SMILES string of the molecule is O=c1ccc(S(=O)(=O)c2cc3cc(Cl)cc(Cl)c3o2)n[nH]1. The molecule has 0 unspecified atom stereocenters. The summed E-state index contributed by atoms with van der Waals surface area (Å²) >= 11 is 11.8. The molecule has 0 amide bonds. The average molecular weight is 345 g/mol. The highest BCUT2D eigenvalue weighted by atomic mass is 35.5. The third-order valence-corrected chi connectivity index (χ3v) is 4.71. The van der Waals surface area contributed by atoms with E-state index in [2.05, 4.69) is 10.2 Å². The normalized spacial score (nSPS) is 11.9. The molecular weight excluding hydrogens is 339 g/mol. The Morgan fingerprint density at radius 3 is 2.57 bits per heavy atom. The zero-order chi connectivity index (χ0) is 15.2. The first-order valence-electron chi connectivity index (χ1n) is 5.57. The van der Waals surface area contributed by atoms with E-state index in [1.54, 1.807) is 0 Å². The fourth-order valence-corrected chi connectivity index (χ4v) is 3.41. The highest BCUT2D eigenvalue weighted by Gasteiger charge is 2.25. The molecule has 0 atom stereocenters. The number of furan rings is 1. The molecule has 0 aliphatic rings. The van der Waals surface area contributed by atoms with E-state index in [1.165, 1.54) is 18.2 Å². The second kappa shape index (κ2) is 4.87. The van der Waals surface area contributed by atoms with Gasteiger partial charge in [-0.2, -0.15) is 5.10 Å². The fraction of sp³-hybridized carbons (Fsp3) is 0. The van der Waals surface area contributed by atoms with Crippen molar-refractivity contribution in [3.63, 3.8) is 0 Å². The number of hydrogen-bond donors (Lipinski definition) is 1. The number of H-pyrrole nitrogens is 1. The van der Waals surface area contributed by atoms with Crippen molar-refractivity contribution in [2.75, 3.05) is 0 Å². The summed E-state index contributed by atoms with van der Waals surface area (Å²) in [5, 5.41) is 5.90. The zero-order valence-electron chi connectivity index (χ0n) is 10.1. The highest BCUT2D eigenvalue weighted by Crippen LogP contribution is 2.33. The van der Waals surface area contributed by atoms with Crippen molar-refractivity contribution in [3.8, 4) is 0 Å². The molecule has 3 aromatic rings. The summed E-state index contributed by atoms with van der Waals surface area (Å²) in [5.41, 5.74) is -0.294. The first-order chi connectivity index (χ1) is 9.88. The molecule has 0 spiro atoms. The zero-order valence-corrected chi connectivity index (χ0v) is 12.5. The van der Waals surface area contributed by atoms with E-state index in [0.29, 0.717) is 10.4 Å². The lowest BCUT2D eigenvalue weighted by molar-refractivity contribution is 0.479. The van der Waals surface area contributed by atoms with Crippen LogP contribution in [-0.4, -0.2) is 18.6 Å². The quantitative estimate of drug-likeness (QED) is 0.771. The Labute approximate surface area is 128 Å². The van der Waals surface area contributed by atoms with Crippen LogP contribution in [0.1, 0.15) is 0 Å². The number of benzene rings is 1. The van der Waals surface area contributed by atoms with Crippen LogP contribution in [0.5, 0.6) is 0 Å². The van der Waals surface area contributed by atoms with Gasteiger partial charge in [0.25, 0.3) is 15.4 Å². The van der Waals surface area contributed by atoms with Crippen LogP contribution < -0.4 is 5.56 Å². The molecule has 3 rings (SSSR count). The lowest BCUT2D eigenvalue weighted by atomic mass is 10.3. The van der Waals surface area contributed by atoms with Crippen molar-refractivity contribution in [3.05, 3.63) is 50.7 Å². The van der Waals surface area contributed by atoms with E-state index in [1.807, 2.05) is 0 Å². The van der Waals surface area contributed by atoms with Gasteiger partial charge in [-0.1, -0.05) is 23.2 Å². The topological polar surface area (TPSA) is 93.0 Å². The molecule has 1 aromatic carbocycles. The maximum absolute atomic E-state index is 12.4. The van der Waals surface area contributed by atoms with E-state index < -0.39 is 15.4 Å². The Bertz CT molecular complexity index is 987. The molecule has 108 valence electrons. The van der Waals surface area contributed by atoms with Gasteiger partial charge in [-0.15, -0.1) is 0 Å². The van der Waals surface area contributed by atoms with Gasteiger partial charge in [0, 0.05) is 22.5 Å². The van der Waals surface area contributed by atoms with Crippen LogP contribution in [0.2, 0.25) is 10.0 Å². The predicted octanol–water partition coefficient (Wildman–Crippen LogP) is 2.66. The fourth-order valence-electron chi connectivity index (χ4n) is 1.77. The number of aromatic nitrogens is 2. The molecule has 0 aliphatic heterocycles. The van der Waals surface area contributed by atoms with Gasteiger partial charge < -0.3 is 4.42 Å². The lowest BCUT2D eigenvalue weighted by Gasteiger charge is -1.98. The maximum Gasteiger partial charge on any atom is 0.264 e. The van der Waals surface area contributed by atoms with E-state index in [4.69, 9.17) is 27.6 Å². The average Bonchev–Trinajstić information content (AvgIpc) is 2.84. The van der Waals surface area contributed by atoms with Crippen LogP contribution in [0.3, 0.4) is 0 Å². The van der Waals surface area contributed by atoms with Crippen LogP contribution in [-0.2, 0) is 9.84 Å². The summed E-state index contributed by atoms with van der Waals surface area (Å²) in [7, 11) is -4.00. The molecule has 0 bridgehead atoms. The molecule has 0 fully saturated rings. The molecule has 0 saturated heterocycles. The van der Waals surface area contributed by atoms with Gasteiger partial charge in [0.2, 0.25) is 5.09 Å². The third-order valence-electron chi connectivity index (χ3n) is 2.71. The molecule has 21 heavy (non-hydrogen) atoms. The smallest absolute Gasteiger partial charge is 0.264 e. The molecule has 9 heteroatoms. The summed E-state index contributed by atoms with van der Waals surface area (Å²) in [6.07, 6.45) is 0. The molecule has 6 nitrogen and oxygen atoms in total. The maximum atomic E-state index is 12.4. The van der Waals surface area contributed by atoms with Crippen LogP contribution in [0.25, 0.3) is 11.0 Å². The number of rotatable bonds is 2. The van der Waals surface area contributed by atoms with E-state index in [-0.39, 0.29) is 20.7 Å². The number of sulfone groups is 1. The summed E-state index contributed by atoms with van der Waals surface area (Å²) in [5.74, 6) is 0. The summed E-state index contributed by atoms with van der Waals surface area (Å²) in [6.45, 7) is 0. The minimum atomic E-state index is -4.00. The summed E-state index contributed by atoms with van der Waals surface area (Å²) < 4.78 is 30.0. The van der Waals surface area contributed by atoms with Crippen LogP contribution in [0, 0.1) is 0 Å². The molecule has 0 radical (unpaired) electrons. The number of nitrogens with one attached hydrogen (secondary N) is 1. The van der Waals surface area contributed by atoms with Gasteiger partial charge in [0.05, 0.1) is 5.02 Å². The Balaban J connectivity index is 2.22. The highest BCUT2D eigenvalue weighted by molar-refractivity contribution is 7.91. The van der Waals surface area contributed by atoms with Gasteiger partial charge in [0.15, 0.2) is 10.6 Å². The molecule has 0 aliphatic carbocycles. The second-order valence-electron chi connectivity index (χ2n) is 4.13. The van der Waals surface area contributed by atoms with E-state index >= 15 is 0 Å². The first-order valence-corrected chi connectivity index (χ1v) is 7.81. The Hall–Kier alpha value is -1.83. The molecular formula is C12H6Cl2N2O4S. The molecule has 0 saturated carbocycles. The summed E-state index contributed by atoms with van der Waals surface area (Å²) in [4.78, 5) is 10.9. The van der Waals surface area contributed by atoms with Crippen molar-refractivity contribution in [1.82, 2.24) is 10.2 Å². The minimum Gasteiger partial charge on any atom is -0.443 e. The molecule has 2 aromatic heterocycles. The number of hydrogen-bond acceptors (Lipinski definition) is 5. The van der Waals surface area contributed by atoms with Crippen LogP contribution >= 0.6 is 23.2 Å². The monoisotopic (exact) mass is 344 g/mol. The van der Waals surface area contributed by atoms with Crippen LogP contribution in [0.15, 0.2) is 49.7 Å². The standard InChI is InChI=1S/C12H6Cl2N2O4S/c13-7-3-6-4-11(20-12(6)8(14)5-7)21(18,19)10-2-1-9(17)15-16-10/h1-5H,(H,15,17). The Kier molecular flexibility index (Phi) is 3.27. The number of aromatic amines is 1. The van der Waals surface area contributed by atoms with Crippen molar-refractivity contribution >= 4 is 44.0 Å². The van der Waals surface area contributed by atoms with Crippen molar-refractivity contribution in [1.29, 1.82) is 0 Å². The largest absolute Gasteiger partial charge is 0.443 e. The number of nitrogens with zero attached hydrogens (tertiary/aromatic N) is 1. The number of fused-ring (bicyclic) bond motifs is 1. The van der Waals surface area contributed by atoms with Gasteiger partial charge in [0.1, 0.15) is 0 Å². The summed E-state index contributed by atoms with van der Waals surface area (Å²) in [6, 6.07) is 6.44. The minimum absolute atomic E-state index is 0.202. The molecule has 1 N–H and O–H groups in total. The molecule has 2 heterocycles. The third kappa shape index (κ3) is 2.44. The van der Waals surface area contributed by atoms with Crippen molar-refractivity contribution < 1.29 is 12.8 Å². The van der Waals surface area contributed by atoms with Crippen molar-refractivity contribution in [2.24, 2.45) is 0 Å². The Morgan fingerprint density at radius 1 is 1.14 bits per heavy atom. The van der Waals surface area contributed by atoms with E-state index in [0.717, 1.165) is 12.1 Å². The second-order valence-corrected chi connectivity index (χ2v) is 6.81. The number of halogens is 2. The van der Waals surface area contributed by atoms with Gasteiger partial charge >= 0.3 is 0 Å². The lowest BCUT2D eigenvalue weighted by Crippen LogP contribution is -2.11. The Morgan fingerprint density at radius 2 is 1.90 bits per heavy atom. The first kappa shape index (κ1) is 14.1. The van der Waals surface area contributed by atoms with Gasteiger partial charge in [-0.25, -0.2) is 13.5 Å². The predicted molar refractivity (Wildman–Crippen MR) is 76.5 cm³/mol. The van der Waals surface area contributed by atoms with Crippen molar-refractivity contribution in [2.45, 2.75) is 10.1 Å². The van der Waals surface area contributed by atoms with Gasteiger partial charge in [-0.3, -0.25) is 4.79 Å². The van der Waals surface area contributed by atoms with Crippen LogP contribution in [0.4, 0.5) is 0 Å².